The van der Waals surface area contributed by atoms with Gasteiger partial charge in [0.25, 0.3) is 0 Å². The van der Waals surface area contributed by atoms with Crippen LogP contribution in [0.5, 0.6) is 0 Å². The summed E-state index contributed by atoms with van der Waals surface area (Å²) in [5.74, 6) is 3.10. The fraction of sp³-hybridized carbons (Fsp3) is 0.333. The molecule has 5 nitrogen and oxygen atoms in total. The molecule has 0 aliphatic heterocycles. The van der Waals surface area contributed by atoms with Crippen LogP contribution in [0.4, 0.5) is 4.79 Å². The Balaban J connectivity index is 3.46. The topological polar surface area (TPSA) is 75.6 Å². The molecule has 0 aromatic rings. The third-order valence-corrected chi connectivity index (χ3v) is 1.05. The van der Waals surface area contributed by atoms with Crippen molar-refractivity contribution in [1.82, 2.24) is 5.32 Å². The van der Waals surface area contributed by atoms with E-state index in [4.69, 9.17) is 5.11 Å². The average molecular weight is 197 g/mol. The highest BCUT2D eigenvalue weighted by molar-refractivity contribution is 5.86. The first kappa shape index (κ1) is 12.0. The van der Waals surface area contributed by atoms with Crippen LogP contribution in [0.1, 0.15) is 6.42 Å². The van der Waals surface area contributed by atoms with Gasteiger partial charge in [0.15, 0.2) is 0 Å². The highest BCUT2D eigenvalue weighted by Gasteiger charge is 1.96. The summed E-state index contributed by atoms with van der Waals surface area (Å²) in [5.41, 5.74) is 0. The summed E-state index contributed by atoms with van der Waals surface area (Å²) in [6.45, 7) is 3.77. The van der Waals surface area contributed by atoms with Crippen LogP contribution in [0.25, 0.3) is 0 Å². The van der Waals surface area contributed by atoms with Crippen molar-refractivity contribution in [2.24, 2.45) is 0 Å². The van der Waals surface area contributed by atoms with Gasteiger partial charge in [-0.1, -0.05) is 18.6 Å². The van der Waals surface area contributed by atoms with E-state index in [0.29, 0.717) is 0 Å². The molecule has 0 aliphatic carbocycles. The first-order chi connectivity index (χ1) is 6.66. The predicted octanol–water partition coefficient (Wildman–Crippen LogP) is 0.377. The molecular formula is C9H11NO4. The fourth-order valence-electron chi connectivity index (χ4n) is 0.551. The molecule has 0 rings (SSSR count). The lowest BCUT2D eigenvalue weighted by molar-refractivity contribution is -0.130. The molecule has 0 saturated carbocycles. The van der Waals surface area contributed by atoms with E-state index in [2.05, 4.69) is 22.6 Å². The Kier molecular flexibility index (Phi) is 6.60. The van der Waals surface area contributed by atoms with Gasteiger partial charge in [-0.2, -0.15) is 0 Å². The lowest BCUT2D eigenvalue weighted by atomic mass is 10.4. The predicted molar refractivity (Wildman–Crippen MR) is 49.6 cm³/mol. The minimum Gasteiger partial charge on any atom is -0.472 e. The Labute approximate surface area is 81.7 Å². The second kappa shape index (κ2) is 7.68. The number of hydrogen-bond acceptors (Lipinski definition) is 3. The van der Waals surface area contributed by atoms with Crippen molar-refractivity contribution in [3.63, 3.8) is 0 Å². The largest absolute Gasteiger partial charge is 0.472 e. The first-order valence-electron chi connectivity index (χ1n) is 3.90. The van der Waals surface area contributed by atoms with Crippen LogP contribution in [0, 0.1) is 11.8 Å². The molecule has 0 bridgehead atoms. The number of nitrogens with one attached hydrogen (secondary N) is 1. The molecule has 0 fully saturated rings. The molecule has 1 amide bonds. The van der Waals surface area contributed by atoms with Crippen molar-refractivity contribution >= 4 is 12.1 Å². The number of carboxylic acids is 1. The minimum atomic E-state index is -1.18. The molecule has 2 N–H and O–H groups in total. The van der Waals surface area contributed by atoms with Gasteiger partial charge in [-0.15, -0.1) is 0 Å². The van der Waals surface area contributed by atoms with Crippen LogP contribution in [-0.4, -0.2) is 30.3 Å². The molecule has 0 aliphatic rings. The average Bonchev–Trinajstić information content (AvgIpc) is 2.13. The molecule has 0 radical (unpaired) electrons. The van der Waals surface area contributed by atoms with Gasteiger partial charge >= 0.3 is 12.1 Å². The minimum absolute atomic E-state index is 0.145. The number of rotatable bonds is 4. The van der Waals surface area contributed by atoms with Crippen LogP contribution in [0.2, 0.25) is 0 Å². The lowest BCUT2D eigenvalue weighted by Gasteiger charge is -2.01. The van der Waals surface area contributed by atoms with Crippen LogP contribution < -0.4 is 5.32 Å². The van der Waals surface area contributed by atoms with Crippen molar-refractivity contribution in [3.05, 3.63) is 12.7 Å². The lowest BCUT2D eigenvalue weighted by Crippen LogP contribution is -2.25. The quantitative estimate of drug-likeness (QED) is 0.388. The van der Waals surface area contributed by atoms with Gasteiger partial charge in [-0.05, 0) is 0 Å². The summed E-state index contributed by atoms with van der Waals surface area (Å²) in [5, 5.41) is 10.5. The molecule has 0 aromatic carbocycles. The Morgan fingerprint density at radius 2 is 2.29 bits per heavy atom. The Hall–Kier alpha value is -1.96. The van der Waals surface area contributed by atoms with Gasteiger partial charge in [-0.3, -0.25) is 0 Å². The van der Waals surface area contributed by atoms with Crippen molar-refractivity contribution < 1.29 is 19.4 Å². The first-order valence-corrected chi connectivity index (χ1v) is 3.90. The van der Waals surface area contributed by atoms with Gasteiger partial charge in [0, 0.05) is 18.9 Å². The normalized spacial score (nSPS) is 8.00. The number of aliphatic carboxylic acids is 1. The van der Waals surface area contributed by atoms with Gasteiger partial charge < -0.3 is 15.2 Å². The molecule has 0 atom stereocenters. The Bertz CT molecular complexity index is 274. The third-order valence-electron chi connectivity index (χ3n) is 1.05. The van der Waals surface area contributed by atoms with Gasteiger partial charge in [-0.25, -0.2) is 9.59 Å². The van der Waals surface area contributed by atoms with E-state index in [-0.39, 0.29) is 19.6 Å². The number of hydrogen-bond donors (Lipinski definition) is 2. The van der Waals surface area contributed by atoms with Crippen LogP contribution in [-0.2, 0) is 9.53 Å². The number of ether oxygens (including phenoxy) is 1. The molecular weight excluding hydrogens is 186 g/mol. The van der Waals surface area contributed by atoms with Crippen molar-refractivity contribution in [1.29, 1.82) is 0 Å². The molecule has 0 unspecified atom stereocenters. The number of amides is 1. The van der Waals surface area contributed by atoms with Crippen LogP contribution >= 0.6 is 0 Å². The maximum absolute atomic E-state index is 10.8. The zero-order valence-corrected chi connectivity index (χ0v) is 7.58. The number of carbonyl (C=O) groups is 2. The van der Waals surface area contributed by atoms with E-state index in [0.717, 1.165) is 0 Å². The maximum atomic E-state index is 10.8. The zero-order chi connectivity index (χ0) is 10.8. The molecule has 76 valence electrons. The van der Waals surface area contributed by atoms with Crippen molar-refractivity contribution in [3.8, 4) is 11.8 Å². The second-order valence-corrected chi connectivity index (χ2v) is 2.17. The maximum Gasteiger partial charge on any atom is 0.407 e. The summed E-state index contributed by atoms with van der Waals surface area (Å²) < 4.78 is 4.59. The van der Waals surface area contributed by atoms with Crippen LogP contribution in [0.15, 0.2) is 12.7 Å². The van der Waals surface area contributed by atoms with E-state index in [1.807, 2.05) is 5.92 Å². The van der Waals surface area contributed by atoms with Gasteiger partial charge in [0.2, 0.25) is 0 Å². The molecule has 0 heterocycles. The van der Waals surface area contributed by atoms with E-state index < -0.39 is 12.1 Å². The van der Waals surface area contributed by atoms with Crippen molar-refractivity contribution in [2.45, 2.75) is 6.42 Å². The van der Waals surface area contributed by atoms with Crippen molar-refractivity contribution in [2.75, 3.05) is 13.2 Å². The number of carboxylic acid groups (broad SMARTS) is 1. The van der Waals surface area contributed by atoms with Gasteiger partial charge in [0.1, 0.15) is 6.61 Å². The summed E-state index contributed by atoms with van der Waals surface area (Å²) in [6.07, 6.45) is 1.15. The molecule has 0 saturated heterocycles. The Morgan fingerprint density at radius 1 is 1.57 bits per heavy atom. The van der Waals surface area contributed by atoms with Gasteiger partial charge in [0.05, 0.1) is 0 Å². The fourth-order valence-corrected chi connectivity index (χ4v) is 0.551. The molecule has 0 spiro atoms. The SMILES string of the molecule is C=CCOC(=O)NCCC#CC(=O)O. The smallest absolute Gasteiger partial charge is 0.407 e. The third kappa shape index (κ3) is 8.14. The highest BCUT2D eigenvalue weighted by Crippen LogP contribution is 1.79. The number of alkyl carbamates (subject to hydrolysis) is 1. The summed E-state index contributed by atoms with van der Waals surface area (Å²) in [7, 11) is 0. The Morgan fingerprint density at radius 3 is 2.86 bits per heavy atom. The molecule has 5 heteroatoms. The molecule has 0 aromatic heterocycles. The van der Waals surface area contributed by atoms with E-state index in [1.54, 1.807) is 0 Å². The van der Waals surface area contributed by atoms with E-state index in [9.17, 15) is 9.59 Å². The number of carbonyl (C=O) groups excluding carboxylic acids is 1. The summed E-state index contributed by atoms with van der Waals surface area (Å²) in [6, 6.07) is 0. The van der Waals surface area contributed by atoms with E-state index >= 15 is 0 Å². The summed E-state index contributed by atoms with van der Waals surface area (Å²) >= 11 is 0. The molecule has 14 heavy (non-hydrogen) atoms. The van der Waals surface area contributed by atoms with E-state index in [1.165, 1.54) is 6.08 Å². The monoisotopic (exact) mass is 197 g/mol. The van der Waals surface area contributed by atoms with Crippen LogP contribution in [0.3, 0.4) is 0 Å². The standard InChI is InChI=1S/C9H11NO4/c1-2-7-14-9(13)10-6-4-3-5-8(11)12/h2H,1,4,6-7H2,(H,10,13)(H,11,12). The summed E-state index contributed by atoms with van der Waals surface area (Å²) in [4.78, 5) is 20.7. The highest BCUT2D eigenvalue weighted by atomic mass is 16.5. The second-order valence-electron chi connectivity index (χ2n) is 2.17. The zero-order valence-electron chi connectivity index (χ0n) is 7.58.